The fraction of sp³-hybridized carbons (Fsp3) is 0.0556. The zero-order valence-corrected chi connectivity index (χ0v) is 16.7. The van der Waals surface area contributed by atoms with E-state index in [-0.39, 0.29) is 5.56 Å². The number of rotatable bonds is 2. The van der Waals surface area contributed by atoms with Crippen LogP contribution < -0.4 is 5.56 Å². The predicted octanol–water partition coefficient (Wildman–Crippen LogP) is 5.59. The molecule has 0 bridgehead atoms. The molecule has 0 saturated heterocycles. The molecule has 4 rings (SSSR count). The van der Waals surface area contributed by atoms with Crippen LogP contribution in [0, 0.1) is 15.6 Å². The maximum atomic E-state index is 13.1. The van der Waals surface area contributed by atoms with E-state index >= 15 is 0 Å². The van der Waals surface area contributed by atoms with Crippen LogP contribution in [-0.4, -0.2) is 14.1 Å². The molecule has 0 atom stereocenters. The van der Waals surface area contributed by atoms with Gasteiger partial charge in [0.15, 0.2) is 8.73 Å². The monoisotopic (exact) mass is 417 g/mol. The molecule has 0 aliphatic carbocycles. The number of aromatic nitrogens is 3. The van der Waals surface area contributed by atoms with Gasteiger partial charge < -0.3 is 4.98 Å². The van der Waals surface area contributed by atoms with Crippen LogP contribution in [0.5, 0.6) is 0 Å². The third kappa shape index (κ3) is 2.87. The SMILES string of the molecule is Cc1ccc(-n2c(=S)[nH]c3c(sc(=S)n3-c3ccc(Cl)cc3)c2=O)cc1. The lowest BCUT2D eigenvalue weighted by Gasteiger charge is -2.09. The standard InChI is InChI=1S/C18H12ClN3OS3/c1-10-2-6-13(7-3-10)22-16(23)14-15(20-17(22)24)21(18(25)26-14)12-8-4-11(19)5-9-12/h2-9H,1H3,(H,20,24). The number of halogens is 1. The second-order valence-electron chi connectivity index (χ2n) is 5.76. The molecule has 26 heavy (non-hydrogen) atoms. The van der Waals surface area contributed by atoms with E-state index in [0.29, 0.717) is 24.1 Å². The largest absolute Gasteiger partial charge is 0.316 e. The zero-order chi connectivity index (χ0) is 18.4. The number of thiazole rings is 1. The smallest absolute Gasteiger partial charge is 0.278 e. The molecule has 8 heteroatoms. The molecule has 0 unspecified atom stereocenters. The minimum Gasteiger partial charge on any atom is -0.316 e. The first-order chi connectivity index (χ1) is 12.5. The van der Waals surface area contributed by atoms with Crippen molar-refractivity contribution in [3.8, 4) is 11.4 Å². The van der Waals surface area contributed by atoms with Gasteiger partial charge in [-0.15, -0.1) is 0 Å². The molecule has 0 radical (unpaired) electrons. The Kier molecular flexibility index (Phi) is 4.40. The van der Waals surface area contributed by atoms with Crippen LogP contribution in [0.3, 0.4) is 0 Å². The first-order valence-corrected chi connectivity index (χ1v) is 9.70. The van der Waals surface area contributed by atoms with Crippen molar-refractivity contribution in [2.45, 2.75) is 6.92 Å². The Morgan fingerprint density at radius 3 is 2.19 bits per heavy atom. The molecule has 0 aliphatic heterocycles. The Labute approximate surface area is 167 Å². The van der Waals surface area contributed by atoms with Crippen molar-refractivity contribution >= 4 is 57.7 Å². The lowest BCUT2D eigenvalue weighted by Crippen LogP contribution is -2.20. The molecule has 130 valence electrons. The summed E-state index contributed by atoms with van der Waals surface area (Å²) in [6.07, 6.45) is 0. The highest BCUT2D eigenvalue weighted by Crippen LogP contribution is 2.24. The molecular formula is C18H12ClN3OS3. The Hall–Kier alpha value is -2.06. The third-order valence-corrected chi connectivity index (χ3v) is 5.91. The van der Waals surface area contributed by atoms with Gasteiger partial charge in [0.05, 0.1) is 5.69 Å². The van der Waals surface area contributed by atoms with E-state index in [4.69, 9.17) is 36.0 Å². The molecule has 0 aliphatic rings. The average Bonchev–Trinajstić information content (AvgIpc) is 2.94. The van der Waals surface area contributed by atoms with Crippen LogP contribution in [0.15, 0.2) is 53.3 Å². The highest BCUT2D eigenvalue weighted by atomic mass is 35.5. The second kappa shape index (κ2) is 6.59. The number of aryl methyl sites for hydroxylation is 1. The number of aromatic amines is 1. The Morgan fingerprint density at radius 1 is 0.962 bits per heavy atom. The summed E-state index contributed by atoms with van der Waals surface area (Å²) in [5.74, 6) is 0. The van der Waals surface area contributed by atoms with Crippen LogP contribution in [-0.2, 0) is 0 Å². The van der Waals surface area contributed by atoms with E-state index in [9.17, 15) is 4.79 Å². The van der Waals surface area contributed by atoms with Crippen LogP contribution in [0.2, 0.25) is 5.02 Å². The highest BCUT2D eigenvalue weighted by Gasteiger charge is 2.15. The van der Waals surface area contributed by atoms with Crippen LogP contribution in [0.1, 0.15) is 5.56 Å². The van der Waals surface area contributed by atoms with Crippen LogP contribution in [0.25, 0.3) is 21.7 Å². The fourth-order valence-corrected chi connectivity index (χ4v) is 4.47. The van der Waals surface area contributed by atoms with Gasteiger partial charge in [0, 0.05) is 10.7 Å². The number of H-pyrrole nitrogens is 1. The maximum Gasteiger partial charge on any atom is 0.278 e. The van der Waals surface area contributed by atoms with Crippen molar-refractivity contribution in [1.82, 2.24) is 14.1 Å². The molecule has 0 saturated carbocycles. The van der Waals surface area contributed by atoms with Crippen LogP contribution >= 0.6 is 47.4 Å². The average molecular weight is 418 g/mol. The summed E-state index contributed by atoms with van der Waals surface area (Å²) >= 11 is 18.2. The first-order valence-electron chi connectivity index (χ1n) is 7.69. The Balaban J connectivity index is 2.03. The van der Waals surface area contributed by atoms with Crippen molar-refractivity contribution in [2.24, 2.45) is 0 Å². The molecule has 4 nitrogen and oxygen atoms in total. The molecule has 0 spiro atoms. The molecule has 0 fully saturated rings. The zero-order valence-electron chi connectivity index (χ0n) is 13.5. The van der Waals surface area contributed by atoms with Crippen molar-refractivity contribution in [2.75, 3.05) is 0 Å². The summed E-state index contributed by atoms with van der Waals surface area (Å²) in [6, 6.07) is 14.9. The molecular weight excluding hydrogens is 406 g/mol. The van der Waals surface area contributed by atoms with Gasteiger partial charge in [-0.1, -0.05) is 40.6 Å². The molecule has 0 amide bonds. The fourth-order valence-electron chi connectivity index (χ4n) is 2.74. The minimum absolute atomic E-state index is 0.184. The van der Waals surface area contributed by atoms with Gasteiger partial charge in [0.25, 0.3) is 5.56 Å². The maximum absolute atomic E-state index is 13.1. The predicted molar refractivity (Wildman–Crippen MR) is 113 cm³/mol. The van der Waals surface area contributed by atoms with Gasteiger partial charge in [0.2, 0.25) is 0 Å². The van der Waals surface area contributed by atoms with Gasteiger partial charge in [-0.3, -0.25) is 13.9 Å². The minimum atomic E-state index is -0.184. The molecule has 4 aromatic rings. The van der Waals surface area contributed by atoms with Gasteiger partial charge in [-0.25, -0.2) is 0 Å². The molecule has 2 heterocycles. The number of fused-ring (bicyclic) bond motifs is 1. The highest BCUT2D eigenvalue weighted by molar-refractivity contribution is 7.73. The van der Waals surface area contributed by atoms with Gasteiger partial charge in [0.1, 0.15) is 10.3 Å². The van der Waals surface area contributed by atoms with E-state index in [0.717, 1.165) is 16.9 Å². The van der Waals surface area contributed by atoms with Crippen molar-refractivity contribution < 1.29 is 0 Å². The Bertz CT molecular complexity index is 1300. The lowest BCUT2D eigenvalue weighted by atomic mass is 10.2. The van der Waals surface area contributed by atoms with E-state index in [1.165, 1.54) is 15.9 Å². The van der Waals surface area contributed by atoms with Crippen molar-refractivity contribution in [3.63, 3.8) is 0 Å². The first kappa shape index (κ1) is 17.4. The summed E-state index contributed by atoms with van der Waals surface area (Å²) in [5.41, 5.74) is 3.07. The lowest BCUT2D eigenvalue weighted by molar-refractivity contribution is 0.927. The molecule has 1 N–H and O–H groups in total. The summed E-state index contributed by atoms with van der Waals surface area (Å²) in [6.45, 7) is 1.99. The summed E-state index contributed by atoms with van der Waals surface area (Å²) in [4.78, 5) is 16.3. The number of hydrogen-bond donors (Lipinski definition) is 1. The van der Waals surface area contributed by atoms with E-state index in [2.05, 4.69) is 4.98 Å². The van der Waals surface area contributed by atoms with Crippen molar-refractivity contribution in [3.05, 3.63) is 78.2 Å². The number of nitrogens with zero attached hydrogens (tertiary/aromatic N) is 2. The van der Waals surface area contributed by atoms with Gasteiger partial charge in [-0.05, 0) is 67.8 Å². The van der Waals surface area contributed by atoms with Crippen LogP contribution in [0.4, 0.5) is 0 Å². The van der Waals surface area contributed by atoms with Gasteiger partial charge >= 0.3 is 0 Å². The summed E-state index contributed by atoms with van der Waals surface area (Å²) in [5, 5.41) is 0.634. The second-order valence-corrected chi connectivity index (χ2v) is 8.23. The molecule has 2 aromatic carbocycles. The number of nitrogens with one attached hydrogen (secondary N) is 1. The summed E-state index contributed by atoms with van der Waals surface area (Å²) in [7, 11) is 0. The quantitative estimate of drug-likeness (QED) is 0.432. The Morgan fingerprint density at radius 2 is 1.54 bits per heavy atom. The normalized spacial score (nSPS) is 11.2. The summed E-state index contributed by atoms with van der Waals surface area (Å²) < 4.78 is 4.71. The topological polar surface area (TPSA) is 42.7 Å². The molecule has 2 aromatic heterocycles. The van der Waals surface area contributed by atoms with Crippen molar-refractivity contribution in [1.29, 1.82) is 0 Å². The van der Waals surface area contributed by atoms with Gasteiger partial charge in [-0.2, -0.15) is 0 Å². The van der Waals surface area contributed by atoms with E-state index < -0.39 is 0 Å². The number of hydrogen-bond acceptors (Lipinski definition) is 4. The van der Waals surface area contributed by atoms with E-state index in [1.807, 2.05) is 47.9 Å². The number of benzene rings is 2. The van der Waals surface area contributed by atoms with E-state index in [1.54, 1.807) is 12.1 Å². The third-order valence-electron chi connectivity index (χ3n) is 4.01.